The fraction of sp³-hybridized carbons (Fsp3) is 0.318. The van der Waals surface area contributed by atoms with Gasteiger partial charge in [0.2, 0.25) is 0 Å². The van der Waals surface area contributed by atoms with Crippen LogP contribution in [0.15, 0.2) is 58.2 Å². The van der Waals surface area contributed by atoms with Gasteiger partial charge in [0.1, 0.15) is 21.9 Å². The van der Waals surface area contributed by atoms with Gasteiger partial charge in [0.05, 0.1) is 18.6 Å². The molecule has 0 saturated carbocycles. The molecule has 9 heteroatoms. The minimum Gasteiger partial charge on any atom is -0.337 e. The Morgan fingerprint density at radius 2 is 1.97 bits per heavy atom. The summed E-state index contributed by atoms with van der Waals surface area (Å²) < 4.78 is 2.09. The molecular weight excluding hydrogens is 426 g/mol. The Morgan fingerprint density at radius 1 is 1.03 bits per heavy atom. The zero-order valence-corrected chi connectivity index (χ0v) is 18.9. The predicted octanol–water partition coefficient (Wildman–Crippen LogP) is 5.55. The van der Waals surface area contributed by atoms with Crippen molar-refractivity contribution in [3.05, 3.63) is 48.8 Å². The molecule has 7 nitrogen and oxygen atoms in total. The average molecular weight is 450 g/mol. The minimum absolute atomic E-state index is 0.696. The zero-order chi connectivity index (χ0) is 21.0. The molecule has 0 fully saturated rings. The first kappa shape index (κ1) is 20.3. The maximum atomic E-state index is 4.63. The fourth-order valence-corrected chi connectivity index (χ4v) is 5.38. The Hall–Kier alpha value is -2.65. The summed E-state index contributed by atoms with van der Waals surface area (Å²) in [5, 5.41) is 5.27. The highest BCUT2D eigenvalue weighted by Gasteiger charge is 2.18. The molecule has 0 amide bonds. The average Bonchev–Trinajstić information content (AvgIpc) is 3.21. The van der Waals surface area contributed by atoms with E-state index in [1.54, 1.807) is 42.2 Å². The van der Waals surface area contributed by atoms with Gasteiger partial charge in [-0.25, -0.2) is 24.9 Å². The van der Waals surface area contributed by atoms with Crippen LogP contribution in [0, 0.1) is 0 Å². The van der Waals surface area contributed by atoms with Crippen LogP contribution in [-0.2, 0) is 6.54 Å². The summed E-state index contributed by atoms with van der Waals surface area (Å²) in [5.74, 6) is 1.87. The summed E-state index contributed by atoms with van der Waals surface area (Å²) in [6.07, 6.45) is 12.0. The SMILES string of the molecule is CCCCCCSc1ncnc2c1ncn2Cc1ccc2c(c1)Nc1nccnc1S2. The highest BCUT2D eigenvalue weighted by atomic mass is 32.2. The van der Waals surface area contributed by atoms with Crippen LogP contribution in [0.3, 0.4) is 0 Å². The second-order valence-electron chi connectivity index (χ2n) is 7.40. The van der Waals surface area contributed by atoms with Gasteiger partial charge < -0.3 is 9.88 Å². The molecule has 158 valence electrons. The number of imidazole rings is 1. The standard InChI is InChI=1S/C22H23N7S2/c1-2-3-4-5-10-30-21-18-20(25-13-26-21)29(14-27-18)12-15-6-7-17-16(11-15)28-19-22(31-17)24-9-8-23-19/h6-9,11,13-14H,2-5,10,12H2,1H3,(H,23,28). The molecule has 4 aromatic rings. The summed E-state index contributed by atoms with van der Waals surface area (Å²) in [6.45, 7) is 2.93. The first-order valence-corrected chi connectivity index (χ1v) is 12.3. The number of nitrogens with one attached hydrogen (secondary N) is 1. The highest BCUT2D eigenvalue weighted by Crippen LogP contribution is 2.42. The van der Waals surface area contributed by atoms with E-state index in [1.807, 2.05) is 6.33 Å². The number of nitrogens with zero attached hydrogens (tertiary/aromatic N) is 6. The van der Waals surface area contributed by atoms with Crippen LogP contribution in [-0.4, -0.2) is 35.2 Å². The van der Waals surface area contributed by atoms with Gasteiger partial charge >= 0.3 is 0 Å². The molecule has 0 aliphatic carbocycles. The number of fused-ring (bicyclic) bond motifs is 3. The Bertz CT molecular complexity index is 1210. The van der Waals surface area contributed by atoms with E-state index >= 15 is 0 Å². The van der Waals surface area contributed by atoms with Gasteiger partial charge in [-0.1, -0.05) is 44.0 Å². The molecule has 0 bridgehead atoms. The molecule has 3 aromatic heterocycles. The van der Waals surface area contributed by atoms with Crippen LogP contribution in [0.2, 0.25) is 0 Å². The lowest BCUT2D eigenvalue weighted by Gasteiger charge is -2.19. The molecule has 1 aliphatic rings. The van der Waals surface area contributed by atoms with Gasteiger partial charge in [-0.05, 0) is 29.9 Å². The van der Waals surface area contributed by atoms with Crippen molar-refractivity contribution in [1.29, 1.82) is 0 Å². The summed E-state index contributed by atoms with van der Waals surface area (Å²) in [7, 11) is 0. The first-order valence-electron chi connectivity index (χ1n) is 10.5. The summed E-state index contributed by atoms with van der Waals surface area (Å²) in [5.41, 5.74) is 3.99. The lowest BCUT2D eigenvalue weighted by atomic mass is 10.2. The largest absolute Gasteiger partial charge is 0.337 e. The molecule has 0 saturated heterocycles. The monoisotopic (exact) mass is 449 g/mol. The molecule has 0 spiro atoms. The number of hydrogen-bond donors (Lipinski definition) is 1. The molecule has 4 heterocycles. The van der Waals surface area contributed by atoms with Crippen LogP contribution in [0.5, 0.6) is 0 Å². The molecule has 31 heavy (non-hydrogen) atoms. The van der Waals surface area contributed by atoms with Crippen molar-refractivity contribution in [1.82, 2.24) is 29.5 Å². The van der Waals surface area contributed by atoms with Crippen LogP contribution >= 0.6 is 23.5 Å². The van der Waals surface area contributed by atoms with E-state index < -0.39 is 0 Å². The minimum atomic E-state index is 0.696. The number of aromatic nitrogens is 6. The lowest BCUT2D eigenvalue weighted by Crippen LogP contribution is -2.05. The van der Waals surface area contributed by atoms with Crippen molar-refractivity contribution in [3.8, 4) is 0 Å². The van der Waals surface area contributed by atoms with Crippen molar-refractivity contribution in [2.75, 3.05) is 11.1 Å². The second-order valence-corrected chi connectivity index (χ2v) is 9.51. The first-order chi connectivity index (χ1) is 15.3. The van der Waals surface area contributed by atoms with Crippen LogP contribution < -0.4 is 5.32 Å². The van der Waals surface area contributed by atoms with E-state index in [9.17, 15) is 0 Å². The molecule has 0 radical (unpaired) electrons. The van der Waals surface area contributed by atoms with Crippen molar-refractivity contribution >= 4 is 46.2 Å². The summed E-state index contributed by atoms with van der Waals surface area (Å²) in [6, 6.07) is 6.44. The Morgan fingerprint density at radius 3 is 2.90 bits per heavy atom. The van der Waals surface area contributed by atoms with Crippen molar-refractivity contribution in [2.24, 2.45) is 0 Å². The predicted molar refractivity (Wildman–Crippen MR) is 125 cm³/mol. The van der Waals surface area contributed by atoms with Crippen LogP contribution in [0.1, 0.15) is 38.2 Å². The maximum absolute atomic E-state index is 4.63. The number of anilines is 2. The zero-order valence-electron chi connectivity index (χ0n) is 17.3. The van der Waals surface area contributed by atoms with Gasteiger partial charge in [0.15, 0.2) is 11.5 Å². The number of thioether (sulfide) groups is 1. The van der Waals surface area contributed by atoms with Gasteiger partial charge in [0, 0.05) is 17.3 Å². The summed E-state index contributed by atoms with van der Waals surface area (Å²) >= 11 is 3.42. The van der Waals surface area contributed by atoms with Crippen molar-refractivity contribution in [3.63, 3.8) is 0 Å². The number of rotatable bonds is 8. The van der Waals surface area contributed by atoms with Crippen LogP contribution in [0.4, 0.5) is 11.5 Å². The molecule has 1 aromatic carbocycles. The van der Waals surface area contributed by atoms with E-state index in [0.29, 0.717) is 6.54 Å². The lowest BCUT2D eigenvalue weighted by molar-refractivity contribution is 0.706. The van der Waals surface area contributed by atoms with Gasteiger partial charge in [-0.15, -0.1) is 11.8 Å². The van der Waals surface area contributed by atoms with Gasteiger partial charge in [-0.2, -0.15) is 0 Å². The number of benzene rings is 1. The Kier molecular flexibility index (Phi) is 6.04. The van der Waals surface area contributed by atoms with E-state index in [1.165, 1.54) is 31.2 Å². The molecule has 1 aliphatic heterocycles. The molecule has 0 unspecified atom stereocenters. The van der Waals surface area contributed by atoms with Gasteiger partial charge in [-0.3, -0.25) is 0 Å². The van der Waals surface area contributed by atoms with E-state index in [0.717, 1.165) is 43.4 Å². The Balaban J connectivity index is 1.33. The van der Waals surface area contributed by atoms with E-state index in [-0.39, 0.29) is 0 Å². The fourth-order valence-electron chi connectivity index (χ4n) is 3.55. The number of unbranched alkanes of at least 4 members (excludes halogenated alkanes) is 3. The highest BCUT2D eigenvalue weighted by molar-refractivity contribution is 7.99. The summed E-state index contributed by atoms with van der Waals surface area (Å²) in [4.78, 5) is 23.5. The second kappa shape index (κ2) is 9.23. The van der Waals surface area contributed by atoms with Gasteiger partial charge in [0.25, 0.3) is 0 Å². The smallest absolute Gasteiger partial charge is 0.164 e. The van der Waals surface area contributed by atoms with E-state index in [2.05, 4.69) is 59.9 Å². The molecule has 1 N–H and O–H groups in total. The molecular formula is C22H23N7S2. The quantitative estimate of drug-likeness (QED) is 0.188. The third kappa shape index (κ3) is 4.38. The molecule has 0 atom stereocenters. The van der Waals surface area contributed by atoms with Crippen molar-refractivity contribution < 1.29 is 0 Å². The Labute approximate surface area is 189 Å². The maximum Gasteiger partial charge on any atom is 0.164 e. The molecule has 5 rings (SSSR count). The normalized spacial score (nSPS) is 12.4. The third-order valence-corrected chi connectivity index (χ3v) is 7.26. The van der Waals surface area contributed by atoms with Crippen molar-refractivity contribution in [2.45, 2.75) is 54.1 Å². The number of hydrogen-bond acceptors (Lipinski definition) is 8. The topological polar surface area (TPSA) is 81.4 Å². The van der Waals surface area contributed by atoms with E-state index in [4.69, 9.17) is 0 Å². The van der Waals surface area contributed by atoms with Crippen LogP contribution in [0.25, 0.3) is 11.2 Å². The third-order valence-electron chi connectivity index (χ3n) is 5.13.